The van der Waals surface area contributed by atoms with E-state index in [1.54, 1.807) is 11.8 Å². The van der Waals surface area contributed by atoms with E-state index in [1.807, 2.05) is 38.1 Å². The number of H-pyrrole nitrogens is 1. The number of benzene rings is 3. The van der Waals surface area contributed by atoms with Gasteiger partial charge in [-0.1, -0.05) is 78.6 Å². The van der Waals surface area contributed by atoms with Crippen LogP contribution in [0.2, 0.25) is 0 Å². The van der Waals surface area contributed by atoms with Gasteiger partial charge in [0.2, 0.25) is 0 Å². The Morgan fingerprint density at radius 1 is 0.862 bits per heavy atom. The summed E-state index contributed by atoms with van der Waals surface area (Å²) in [6, 6.07) is 26.9. The Kier molecular flexibility index (Phi) is 5.79. The molecule has 0 unspecified atom stereocenters. The van der Waals surface area contributed by atoms with E-state index in [9.17, 15) is 0 Å². The maximum absolute atomic E-state index is 4.81. The lowest BCUT2D eigenvalue weighted by Crippen LogP contribution is -2.07. The Bertz CT molecular complexity index is 1160. The van der Waals surface area contributed by atoms with Gasteiger partial charge in [-0.25, -0.2) is 4.98 Å². The van der Waals surface area contributed by atoms with Crippen LogP contribution in [0, 0.1) is 0 Å². The molecule has 5 rings (SSSR count). The van der Waals surface area contributed by atoms with Crippen LogP contribution < -0.4 is 5.32 Å². The molecule has 0 saturated carbocycles. The van der Waals surface area contributed by atoms with E-state index < -0.39 is 0 Å². The van der Waals surface area contributed by atoms with Crippen molar-refractivity contribution in [2.45, 2.75) is 18.7 Å². The Morgan fingerprint density at radius 2 is 1.52 bits per heavy atom. The highest BCUT2D eigenvalue weighted by Crippen LogP contribution is 2.46. The smallest absolute Gasteiger partial charge is 0.147 e. The van der Waals surface area contributed by atoms with Gasteiger partial charge >= 0.3 is 0 Å². The van der Waals surface area contributed by atoms with Crippen LogP contribution in [0.1, 0.15) is 25.2 Å². The van der Waals surface area contributed by atoms with Gasteiger partial charge in [0.15, 0.2) is 0 Å². The van der Waals surface area contributed by atoms with Crippen LogP contribution in [0.5, 0.6) is 0 Å². The van der Waals surface area contributed by atoms with Crippen molar-refractivity contribution in [2.24, 2.45) is 0 Å². The van der Waals surface area contributed by atoms with Crippen LogP contribution in [0.4, 0.5) is 5.69 Å². The lowest BCUT2D eigenvalue weighted by atomic mass is 10.1. The van der Waals surface area contributed by atoms with Gasteiger partial charge in [-0.2, -0.15) is 0 Å². The number of thioether (sulfide) groups is 1. The molecule has 0 amide bonds. The number of rotatable bonds is 2. The average molecular weight is 416 g/mol. The molecule has 0 radical (unpaired) electrons. The SMILES string of the molecule is CC(C)=S.c1ccc(C2=C(c3nc4ccccc4[nH]3)Sc3ccccc3N2)cc1. The van der Waals surface area contributed by atoms with Crippen molar-refractivity contribution >= 4 is 56.2 Å². The molecule has 2 N–H and O–H groups in total. The summed E-state index contributed by atoms with van der Waals surface area (Å²) in [4.78, 5) is 11.6. The number of anilines is 1. The van der Waals surface area contributed by atoms with E-state index in [0.717, 1.165) is 43.6 Å². The third-order valence-corrected chi connectivity index (χ3v) is 5.43. The van der Waals surface area contributed by atoms with Crippen LogP contribution in [-0.4, -0.2) is 14.8 Å². The molecule has 5 heteroatoms. The quantitative estimate of drug-likeness (QED) is 0.346. The molecule has 0 fully saturated rings. The summed E-state index contributed by atoms with van der Waals surface area (Å²) in [5.74, 6) is 0.895. The first-order valence-electron chi connectivity index (χ1n) is 9.37. The van der Waals surface area contributed by atoms with Crippen molar-refractivity contribution in [3.63, 3.8) is 0 Å². The number of fused-ring (bicyclic) bond motifs is 2. The third kappa shape index (κ3) is 4.42. The van der Waals surface area contributed by atoms with E-state index in [0.29, 0.717) is 0 Å². The normalized spacial score (nSPS) is 12.6. The number of hydrogen-bond acceptors (Lipinski definition) is 4. The van der Waals surface area contributed by atoms with Crippen molar-refractivity contribution < 1.29 is 0 Å². The standard InChI is InChI=1S/C21H15N3S.C3H6S/c1-2-8-14(9-3-1)19-20(25-18-13-7-6-12-17(18)22-19)21-23-15-10-4-5-11-16(15)24-21;1-3(2)4/h1-13,22H,(H,23,24);1-2H3. The summed E-state index contributed by atoms with van der Waals surface area (Å²) in [6.07, 6.45) is 0. The molecule has 29 heavy (non-hydrogen) atoms. The number of para-hydroxylation sites is 3. The fourth-order valence-electron chi connectivity index (χ4n) is 3.05. The number of nitrogens with zero attached hydrogens (tertiary/aromatic N) is 1. The monoisotopic (exact) mass is 415 g/mol. The molecule has 1 aliphatic heterocycles. The molecule has 1 aromatic heterocycles. The number of thiocarbonyl (C=S) groups is 1. The summed E-state index contributed by atoms with van der Waals surface area (Å²) in [5, 5.41) is 3.60. The summed E-state index contributed by atoms with van der Waals surface area (Å²) in [7, 11) is 0. The topological polar surface area (TPSA) is 40.7 Å². The minimum absolute atomic E-state index is 0.895. The first-order chi connectivity index (χ1) is 14.1. The van der Waals surface area contributed by atoms with E-state index in [4.69, 9.17) is 4.98 Å². The maximum atomic E-state index is 4.81. The molecular formula is C24H21N3S2. The molecule has 3 aromatic carbocycles. The second-order valence-corrected chi connectivity index (χ2v) is 8.67. The minimum Gasteiger partial charge on any atom is -0.353 e. The van der Waals surface area contributed by atoms with E-state index in [2.05, 4.69) is 77.1 Å². The second-order valence-electron chi connectivity index (χ2n) is 6.80. The number of aromatic amines is 1. The van der Waals surface area contributed by atoms with Gasteiger partial charge in [-0.3, -0.25) is 0 Å². The van der Waals surface area contributed by atoms with E-state index in [-0.39, 0.29) is 0 Å². The zero-order chi connectivity index (χ0) is 20.2. The number of hydrogen-bond donors (Lipinski definition) is 2. The molecule has 0 bridgehead atoms. The molecule has 0 saturated heterocycles. The number of aromatic nitrogens is 2. The average Bonchev–Trinajstić information content (AvgIpc) is 3.17. The zero-order valence-corrected chi connectivity index (χ0v) is 17.9. The molecule has 0 atom stereocenters. The van der Waals surface area contributed by atoms with Gasteiger partial charge < -0.3 is 10.3 Å². The van der Waals surface area contributed by atoms with Crippen molar-refractivity contribution in [1.29, 1.82) is 0 Å². The maximum Gasteiger partial charge on any atom is 0.147 e. The van der Waals surface area contributed by atoms with Gasteiger partial charge in [0, 0.05) is 4.90 Å². The highest BCUT2D eigenvalue weighted by Gasteiger charge is 2.23. The Balaban J connectivity index is 0.000000472. The Hall–Kier alpha value is -2.89. The van der Waals surface area contributed by atoms with Gasteiger partial charge in [0.05, 0.1) is 27.3 Å². The predicted molar refractivity (Wildman–Crippen MR) is 129 cm³/mol. The Morgan fingerprint density at radius 3 is 2.28 bits per heavy atom. The Labute approximate surface area is 180 Å². The van der Waals surface area contributed by atoms with E-state index >= 15 is 0 Å². The van der Waals surface area contributed by atoms with Gasteiger partial charge in [0.1, 0.15) is 5.82 Å². The van der Waals surface area contributed by atoms with Crippen molar-refractivity contribution in [1.82, 2.24) is 9.97 Å². The first kappa shape index (κ1) is 19.4. The van der Waals surface area contributed by atoms with Crippen LogP contribution >= 0.6 is 24.0 Å². The lowest BCUT2D eigenvalue weighted by Gasteiger charge is -2.23. The third-order valence-electron chi connectivity index (χ3n) is 4.25. The van der Waals surface area contributed by atoms with Gasteiger partial charge in [-0.05, 0) is 48.5 Å². The second kappa shape index (κ2) is 8.64. The largest absolute Gasteiger partial charge is 0.353 e. The van der Waals surface area contributed by atoms with Crippen molar-refractivity contribution in [3.8, 4) is 0 Å². The molecule has 3 nitrogen and oxygen atoms in total. The van der Waals surface area contributed by atoms with Crippen molar-refractivity contribution in [2.75, 3.05) is 5.32 Å². The molecule has 1 aliphatic rings. The fraction of sp³-hybridized carbons (Fsp3) is 0.0833. The summed E-state index contributed by atoms with van der Waals surface area (Å²) >= 11 is 6.29. The van der Waals surface area contributed by atoms with Gasteiger partial charge in [-0.15, -0.1) is 0 Å². The molecule has 144 valence electrons. The molecule has 0 spiro atoms. The number of imidazole rings is 1. The van der Waals surface area contributed by atoms with Gasteiger partial charge in [0.25, 0.3) is 0 Å². The van der Waals surface area contributed by atoms with Crippen LogP contribution in [0.15, 0.2) is 83.8 Å². The summed E-state index contributed by atoms with van der Waals surface area (Å²) in [5.41, 5.74) is 5.41. The van der Waals surface area contributed by atoms with E-state index in [1.165, 1.54) is 4.90 Å². The molecule has 4 aromatic rings. The van der Waals surface area contributed by atoms with Crippen molar-refractivity contribution in [3.05, 3.63) is 90.3 Å². The zero-order valence-electron chi connectivity index (χ0n) is 16.3. The predicted octanol–water partition coefficient (Wildman–Crippen LogP) is 7.00. The van der Waals surface area contributed by atoms with Crippen LogP contribution in [-0.2, 0) is 0 Å². The summed E-state index contributed by atoms with van der Waals surface area (Å²) < 4.78 is 0. The highest BCUT2D eigenvalue weighted by atomic mass is 32.2. The molecule has 0 aliphatic carbocycles. The lowest BCUT2D eigenvalue weighted by molar-refractivity contribution is 1.28. The molecular weight excluding hydrogens is 394 g/mol. The highest BCUT2D eigenvalue weighted by molar-refractivity contribution is 8.08. The van der Waals surface area contributed by atoms with Crippen LogP contribution in [0.3, 0.4) is 0 Å². The molecule has 2 heterocycles. The fourth-order valence-corrected chi connectivity index (χ4v) is 4.11. The minimum atomic E-state index is 0.895. The van der Waals surface area contributed by atoms with Crippen LogP contribution in [0.25, 0.3) is 21.6 Å². The first-order valence-corrected chi connectivity index (χ1v) is 10.6. The number of nitrogens with one attached hydrogen (secondary N) is 2. The summed E-state index contributed by atoms with van der Waals surface area (Å²) in [6.45, 7) is 3.80.